The first-order valence-electron chi connectivity index (χ1n) is 5.49. The maximum absolute atomic E-state index is 11.3. The molecule has 1 fully saturated rings. The zero-order valence-electron chi connectivity index (χ0n) is 9.16. The molecule has 1 rings (SSSR count). The fraction of sp³-hybridized carbons (Fsp3) is 0.900. The van der Waals surface area contributed by atoms with Crippen molar-refractivity contribution in [2.75, 3.05) is 18.1 Å². The molecule has 0 aromatic heterocycles. The lowest BCUT2D eigenvalue weighted by Crippen LogP contribution is -2.25. The third-order valence-electron chi connectivity index (χ3n) is 2.52. The van der Waals surface area contributed by atoms with E-state index in [4.69, 9.17) is 0 Å². The van der Waals surface area contributed by atoms with Crippen molar-refractivity contribution in [1.29, 1.82) is 0 Å². The second kappa shape index (κ2) is 5.61. The van der Waals surface area contributed by atoms with Gasteiger partial charge in [-0.25, -0.2) is 8.42 Å². The summed E-state index contributed by atoms with van der Waals surface area (Å²) in [6.45, 7) is 2.03. The fourth-order valence-electron chi connectivity index (χ4n) is 1.27. The highest BCUT2D eigenvalue weighted by molar-refractivity contribution is 7.91. The molecular weight excluding hydrogens is 214 g/mol. The fourth-order valence-corrected chi connectivity index (χ4v) is 2.14. The molecule has 1 saturated carbocycles. The minimum atomic E-state index is -2.91. The van der Waals surface area contributed by atoms with Crippen molar-refractivity contribution in [3.63, 3.8) is 0 Å². The maximum atomic E-state index is 11.3. The Balaban J connectivity index is 2.05. The SMILES string of the molecule is CCS(=O)(=O)CCCC(=O)CNC1CC1. The number of Topliss-reactive ketones (excluding diaryl/α,β-unsaturated/α-hetero) is 1. The van der Waals surface area contributed by atoms with E-state index < -0.39 is 9.84 Å². The lowest BCUT2D eigenvalue weighted by atomic mass is 10.2. The molecule has 5 heteroatoms. The summed E-state index contributed by atoms with van der Waals surface area (Å²) < 4.78 is 22.3. The van der Waals surface area contributed by atoms with Gasteiger partial charge in [-0.15, -0.1) is 0 Å². The molecule has 0 radical (unpaired) electrons. The van der Waals surface area contributed by atoms with Crippen LogP contribution in [0.15, 0.2) is 0 Å². The molecule has 0 amide bonds. The molecule has 0 heterocycles. The van der Waals surface area contributed by atoms with Gasteiger partial charge in [0.2, 0.25) is 0 Å². The molecule has 0 unspecified atom stereocenters. The van der Waals surface area contributed by atoms with E-state index in [1.165, 1.54) is 0 Å². The van der Waals surface area contributed by atoms with E-state index in [0.717, 1.165) is 12.8 Å². The molecule has 1 N–H and O–H groups in total. The first kappa shape index (κ1) is 12.6. The third-order valence-corrected chi connectivity index (χ3v) is 4.31. The van der Waals surface area contributed by atoms with Crippen LogP contribution in [0.4, 0.5) is 0 Å². The van der Waals surface area contributed by atoms with E-state index in [1.54, 1.807) is 6.92 Å². The Hall–Kier alpha value is -0.420. The van der Waals surface area contributed by atoms with Crippen LogP contribution in [0.2, 0.25) is 0 Å². The second-order valence-corrected chi connectivity index (χ2v) is 6.51. The van der Waals surface area contributed by atoms with Crippen molar-refractivity contribution in [3.8, 4) is 0 Å². The van der Waals surface area contributed by atoms with Crippen molar-refractivity contribution in [1.82, 2.24) is 5.32 Å². The topological polar surface area (TPSA) is 63.2 Å². The smallest absolute Gasteiger partial charge is 0.150 e. The first-order chi connectivity index (χ1) is 7.03. The van der Waals surface area contributed by atoms with Gasteiger partial charge in [0.15, 0.2) is 0 Å². The summed E-state index contributed by atoms with van der Waals surface area (Å²) >= 11 is 0. The van der Waals surface area contributed by atoms with Crippen molar-refractivity contribution < 1.29 is 13.2 Å². The van der Waals surface area contributed by atoms with Gasteiger partial charge < -0.3 is 5.32 Å². The van der Waals surface area contributed by atoms with Gasteiger partial charge in [-0.1, -0.05) is 6.92 Å². The van der Waals surface area contributed by atoms with Crippen LogP contribution < -0.4 is 5.32 Å². The van der Waals surface area contributed by atoms with Crippen LogP contribution in [0.5, 0.6) is 0 Å². The summed E-state index contributed by atoms with van der Waals surface area (Å²) in [4.78, 5) is 11.3. The molecule has 0 aromatic rings. The quantitative estimate of drug-likeness (QED) is 0.664. The lowest BCUT2D eigenvalue weighted by molar-refractivity contribution is -0.118. The number of hydrogen-bond acceptors (Lipinski definition) is 4. The van der Waals surface area contributed by atoms with Gasteiger partial charge in [-0.3, -0.25) is 4.79 Å². The van der Waals surface area contributed by atoms with Gasteiger partial charge in [-0.2, -0.15) is 0 Å². The zero-order valence-corrected chi connectivity index (χ0v) is 9.98. The Morgan fingerprint density at radius 1 is 1.40 bits per heavy atom. The van der Waals surface area contributed by atoms with Crippen LogP contribution in [-0.2, 0) is 14.6 Å². The van der Waals surface area contributed by atoms with E-state index in [-0.39, 0.29) is 17.3 Å². The third kappa shape index (κ3) is 5.89. The van der Waals surface area contributed by atoms with Gasteiger partial charge in [0.1, 0.15) is 15.6 Å². The predicted octanol–water partition coefficient (Wildman–Crippen LogP) is 0.522. The van der Waals surface area contributed by atoms with Crippen LogP contribution >= 0.6 is 0 Å². The van der Waals surface area contributed by atoms with Crippen molar-refractivity contribution in [3.05, 3.63) is 0 Å². The van der Waals surface area contributed by atoms with E-state index in [0.29, 0.717) is 25.4 Å². The summed E-state index contributed by atoms with van der Waals surface area (Å²) in [6, 6.07) is 0.535. The molecule has 4 nitrogen and oxygen atoms in total. The van der Waals surface area contributed by atoms with Crippen molar-refractivity contribution in [2.24, 2.45) is 0 Å². The molecule has 0 atom stereocenters. The normalized spacial score (nSPS) is 16.6. The minimum Gasteiger partial charge on any atom is -0.307 e. The Kier molecular flexibility index (Phi) is 4.73. The summed E-state index contributed by atoms with van der Waals surface area (Å²) in [5.74, 6) is 0.424. The van der Waals surface area contributed by atoms with Crippen LogP contribution in [0.25, 0.3) is 0 Å². The Labute approximate surface area is 91.4 Å². The Morgan fingerprint density at radius 2 is 2.07 bits per heavy atom. The molecule has 1 aliphatic rings. The van der Waals surface area contributed by atoms with Crippen LogP contribution in [0.1, 0.15) is 32.6 Å². The molecule has 0 aromatic carbocycles. The largest absolute Gasteiger partial charge is 0.307 e. The van der Waals surface area contributed by atoms with Gasteiger partial charge in [0.05, 0.1) is 12.3 Å². The molecule has 0 aliphatic heterocycles. The van der Waals surface area contributed by atoms with Crippen LogP contribution in [0, 0.1) is 0 Å². The maximum Gasteiger partial charge on any atom is 0.150 e. The number of carbonyl (C=O) groups excluding carboxylic acids is 1. The van der Waals surface area contributed by atoms with Crippen LogP contribution in [-0.4, -0.2) is 38.3 Å². The molecular formula is C10H19NO3S. The number of rotatable bonds is 8. The molecule has 88 valence electrons. The highest BCUT2D eigenvalue weighted by Gasteiger charge is 2.21. The Morgan fingerprint density at radius 3 is 2.60 bits per heavy atom. The minimum absolute atomic E-state index is 0.119. The van der Waals surface area contributed by atoms with Crippen molar-refractivity contribution >= 4 is 15.6 Å². The lowest BCUT2D eigenvalue weighted by Gasteiger charge is -2.02. The number of nitrogens with one attached hydrogen (secondary N) is 1. The molecule has 0 bridgehead atoms. The van der Waals surface area contributed by atoms with Gasteiger partial charge in [0.25, 0.3) is 0 Å². The first-order valence-corrected chi connectivity index (χ1v) is 7.31. The average Bonchev–Trinajstić information content (AvgIpc) is 2.98. The molecule has 1 aliphatic carbocycles. The van der Waals surface area contributed by atoms with Gasteiger partial charge in [-0.05, 0) is 19.3 Å². The molecule has 0 spiro atoms. The summed E-state index contributed by atoms with van der Waals surface area (Å²) in [6.07, 6.45) is 3.16. The summed E-state index contributed by atoms with van der Waals surface area (Å²) in [7, 11) is -2.91. The van der Waals surface area contributed by atoms with Gasteiger partial charge >= 0.3 is 0 Å². The molecule has 15 heavy (non-hydrogen) atoms. The highest BCUT2D eigenvalue weighted by Crippen LogP contribution is 2.18. The Bertz CT molecular complexity index is 307. The number of carbonyl (C=O) groups is 1. The molecule has 0 saturated heterocycles. The average molecular weight is 233 g/mol. The number of ketones is 1. The summed E-state index contributed by atoms with van der Waals surface area (Å²) in [5.41, 5.74) is 0. The zero-order chi connectivity index (χ0) is 11.3. The van der Waals surface area contributed by atoms with Crippen molar-refractivity contribution in [2.45, 2.75) is 38.6 Å². The monoisotopic (exact) mass is 233 g/mol. The van der Waals surface area contributed by atoms with E-state index in [1.807, 2.05) is 0 Å². The van der Waals surface area contributed by atoms with Crippen LogP contribution in [0.3, 0.4) is 0 Å². The van der Waals surface area contributed by atoms with E-state index in [9.17, 15) is 13.2 Å². The predicted molar refractivity (Wildman–Crippen MR) is 59.6 cm³/mol. The van der Waals surface area contributed by atoms with Gasteiger partial charge in [0, 0.05) is 18.2 Å². The van der Waals surface area contributed by atoms with E-state index in [2.05, 4.69) is 5.32 Å². The number of sulfone groups is 1. The van der Waals surface area contributed by atoms with E-state index >= 15 is 0 Å². The standard InChI is InChI=1S/C10H19NO3S/c1-2-15(13,14)7-3-4-10(12)8-11-9-5-6-9/h9,11H,2-8H2,1H3. The second-order valence-electron chi connectivity index (χ2n) is 4.03. The summed E-state index contributed by atoms with van der Waals surface area (Å²) in [5, 5.41) is 3.12. The highest BCUT2D eigenvalue weighted by atomic mass is 32.2. The number of hydrogen-bond donors (Lipinski definition) is 1.